The summed E-state index contributed by atoms with van der Waals surface area (Å²) in [5, 5.41) is 5.84. The van der Waals surface area contributed by atoms with Crippen LogP contribution in [0.25, 0.3) is 0 Å². The average molecular weight is 530 g/mol. The largest absolute Gasteiger partial charge is 0.493 e. The predicted molar refractivity (Wildman–Crippen MR) is 125 cm³/mol. The van der Waals surface area contributed by atoms with Gasteiger partial charge in [-0.15, -0.1) is 0 Å². The van der Waals surface area contributed by atoms with Crippen LogP contribution in [0.2, 0.25) is 0 Å². The molecule has 3 amide bonds. The predicted octanol–water partition coefficient (Wildman–Crippen LogP) is 2.94. The van der Waals surface area contributed by atoms with Crippen LogP contribution in [-0.4, -0.2) is 59.4 Å². The first kappa shape index (κ1) is 23.1. The van der Waals surface area contributed by atoms with Gasteiger partial charge in [0.05, 0.1) is 14.2 Å². The van der Waals surface area contributed by atoms with Crippen molar-refractivity contribution in [3.05, 3.63) is 57.8 Å². The fourth-order valence-corrected chi connectivity index (χ4v) is 4.79. The molecule has 1 aliphatic rings. The zero-order valence-electron chi connectivity index (χ0n) is 17.8. The number of urea groups is 1. The summed E-state index contributed by atoms with van der Waals surface area (Å²) in [6.07, 6.45) is 0.536. The number of amides is 3. The summed E-state index contributed by atoms with van der Waals surface area (Å²) < 4.78 is 24.7. The van der Waals surface area contributed by atoms with Crippen molar-refractivity contribution in [2.24, 2.45) is 0 Å². The number of hydrogen-bond acceptors (Lipinski definition) is 6. The van der Waals surface area contributed by atoms with Crippen molar-refractivity contribution in [2.75, 3.05) is 31.4 Å². The Morgan fingerprint density at radius 2 is 1.91 bits per heavy atom. The van der Waals surface area contributed by atoms with Crippen molar-refractivity contribution < 1.29 is 23.5 Å². The van der Waals surface area contributed by atoms with E-state index in [1.165, 1.54) is 30.6 Å². The number of hydrogen-bond donors (Lipinski definition) is 2. The van der Waals surface area contributed by atoms with Gasteiger partial charge in [-0.05, 0) is 12.1 Å². The average Bonchev–Trinajstić information content (AvgIpc) is 3.25. The molecule has 2 N–H and O–H groups in total. The third-order valence-corrected chi connectivity index (χ3v) is 6.95. The number of rotatable bonds is 5. The number of carbonyl (C=O) groups is 2. The van der Waals surface area contributed by atoms with Crippen LogP contribution in [0, 0.1) is 5.82 Å². The SMILES string of the molecule is COc1ccc(NC(=O)N2CCc3nc(C(=O)Nc4cc(F)ccc4[As])sc3C2)cc1OC. The van der Waals surface area contributed by atoms with Crippen LogP contribution in [0.1, 0.15) is 20.4 Å². The molecule has 0 aliphatic carbocycles. The summed E-state index contributed by atoms with van der Waals surface area (Å²) in [6.45, 7) is 0.812. The van der Waals surface area contributed by atoms with E-state index < -0.39 is 11.7 Å². The Kier molecular flexibility index (Phi) is 6.85. The summed E-state index contributed by atoms with van der Waals surface area (Å²) in [5.74, 6) is 0.242. The second-order valence-corrected chi connectivity index (χ2v) is 9.27. The summed E-state index contributed by atoms with van der Waals surface area (Å²) in [7, 11) is 3.07. The number of halogens is 1. The molecule has 33 heavy (non-hydrogen) atoms. The molecule has 0 saturated carbocycles. The van der Waals surface area contributed by atoms with Gasteiger partial charge < -0.3 is 9.47 Å². The van der Waals surface area contributed by atoms with Crippen LogP contribution in [-0.2, 0) is 13.0 Å². The summed E-state index contributed by atoms with van der Waals surface area (Å²) in [4.78, 5) is 32.4. The number of nitrogens with zero attached hydrogens (tertiary/aromatic N) is 2. The van der Waals surface area contributed by atoms with Gasteiger partial charge in [0.25, 0.3) is 0 Å². The maximum absolute atomic E-state index is 13.5. The Balaban J connectivity index is 1.43. The van der Waals surface area contributed by atoms with Crippen molar-refractivity contribution in [2.45, 2.75) is 13.0 Å². The van der Waals surface area contributed by atoms with E-state index in [1.807, 2.05) is 0 Å². The minimum Gasteiger partial charge on any atom is -0.493 e. The fourth-order valence-electron chi connectivity index (χ4n) is 3.37. The number of anilines is 2. The summed E-state index contributed by atoms with van der Waals surface area (Å²) >= 11 is 3.52. The van der Waals surface area contributed by atoms with Gasteiger partial charge in [0.15, 0.2) is 11.5 Å². The fraction of sp³-hybridized carbons (Fsp3) is 0.227. The molecular weight excluding hydrogens is 510 g/mol. The molecule has 2 radical (unpaired) electrons. The van der Waals surface area contributed by atoms with Gasteiger partial charge in [0, 0.05) is 6.07 Å². The molecule has 170 valence electrons. The molecule has 8 nitrogen and oxygen atoms in total. The van der Waals surface area contributed by atoms with Crippen LogP contribution >= 0.6 is 11.3 Å². The van der Waals surface area contributed by atoms with Gasteiger partial charge in [0.2, 0.25) is 0 Å². The minimum absolute atomic E-state index is 0.263. The Morgan fingerprint density at radius 3 is 2.67 bits per heavy atom. The smallest absolute Gasteiger partial charge is 0.162 e. The summed E-state index contributed by atoms with van der Waals surface area (Å²) in [6, 6.07) is 9.04. The van der Waals surface area contributed by atoms with Crippen molar-refractivity contribution in [1.29, 1.82) is 0 Å². The molecule has 0 atom stereocenters. The van der Waals surface area contributed by atoms with E-state index >= 15 is 0 Å². The number of nitrogens with one attached hydrogen (secondary N) is 2. The molecule has 4 rings (SSSR count). The number of fused-ring (bicyclic) bond motifs is 1. The second-order valence-electron chi connectivity index (χ2n) is 7.18. The molecule has 0 spiro atoms. The standard InChI is InChI=1S/C22H20AsFN4O4S/c1-31-17-6-4-13(10-18(17)32-2)25-22(30)28-8-7-15-19(11-28)33-21(27-15)20(29)26-16-9-12(24)3-5-14(16)23/h3-6,9-10H,7-8,11H2,1-2H3,(H,25,30)(H,26,29). The van der Waals surface area contributed by atoms with Gasteiger partial charge in [-0.2, -0.15) is 0 Å². The Morgan fingerprint density at radius 1 is 1.12 bits per heavy atom. The second kappa shape index (κ2) is 9.80. The Labute approximate surface area is 202 Å². The van der Waals surface area contributed by atoms with Crippen molar-refractivity contribution in [3.63, 3.8) is 0 Å². The number of methoxy groups -OCH3 is 2. The van der Waals surface area contributed by atoms with Gasteiger partial charge >= 0.3 is 149 Å². The molecule has 2 aromatic carbocycles. The van der Waals surface area contributed by atoms with E-state index in [1.54, 1.807) is 36.3 Å². The zero-order chi connectivity index (χ0) is 23.5. The third kappa shape index (κ3) is 5.12. The quantitative estimate of drug-likeness (QED) is 0.495. The number of carbonyl (C=O) groups excluding carboxylic acids is 2. The Hall–Kier alpha value is -3.10. The number of benzene rings is 2. The molecule has 0 bridgehead atoms. The van der Waals surface area contributed by atoms with Gasteiger partial charge in [0.1, 0.15) is 0 Å². The molecule has 1 aliphatic heterocycles. The monoisotopic (exact) mass is 530 g/mol. The van der Waals surface area contributed by atoms with E-state index in [9.17, 15) is 14.0 Å². The molecule has 0 fully saturated rings. The molecule has 11 heteroatoms. The first-order valence-corrected chi connectivity index (χ1v) is 11.7. The molecule has 0 unspecified atom stereocenters. The maximum Gasteiger partial charge on any atom is 0.162 e. The third-order valence-electron chi connectivity index (χ3n) is 5.05. The first-order valence-electron chi connectivity index (χ1n) is 9.94. The topological polar surface area (TPSA) is 92.8 Å². The van der Waals surface area contributed by atoms with Crippen molar-refractivity contribution in [1.82, 2.24) is 9.88 Å². The van der Waals surface area contributed by atoms with Crippen LogP contribution in [0.5, 0.6) is 11.5 Å². The van der Waals surface area contributed by atoms with E-state index in [0.717, 1.165) is 10.6 Å². The van der Waals surface area contributed by atoms with Crippen LogP contribution in [0.15, 0.2) is 36.4 Å². The van der Waals surface area contributed by atoms with Gasteiger partial charge in [-0.25, -0.2) is 0 Å². The van der Waals surface area contributed by atoms with E-state index in [2.05, 4.69) is 32.5 Å². The van der Waals surface area contributed by atoms with Gasteiger partial charge in [-0.3, -0.25) is 0 Å². The van der Waals surface area contributed by atoms with E-state index in [0.29, 0.717) is 46.7 Å². The number of aromatic nitrogens is 1. The van der Waals surface area contributed by atoms with E-state index in [-0.39, 0.29) is 11.0 Å². The van der Waals surface area contributed by atoms with E-state index in [4.69, 9.17) is 9.47 Å². The van der Waals surface area contributed by atoms with Crippen LogP contribution in [0.3, 0.4) is 0 Å². The molecular formula is C22H20AsFN4O4S. The van der Waals surface area contributed by atoms with Crippen LogP contribution < -0.4 is 24.5 Å². The molecule has 3 aromatic rings. The first-order chi connectivity index (χ1) is 15.9. The minimum atomic E-state index is -0.435. The van der Waals surface area contributed by atoms with Crippen molar-refractivity contribution >= 4 is 55.9 Å². The van der Waals surface area contributed by atoms with Gasteiger partial charge in [-0.1, -0.05) is 0 Å². The molecule has 2 heterocycles. The molecule has 1 aromatic heterocycles. The summed E-state index contributed by atoms with van der Waals surface area (Å²) in [5.41, 5.74) is 1.76. The normalized spacial score (nSPS) is 12.7. The Bertz CT molecular complexity index is 1220. The van der Waals surface area contributed by atoms with Crippen molar-refractivity contribution in [3.8, 4) is 11.5 Å². The zero-order valence-corrected chi connectivity index (χ0v) is 20.5. The maximum atomic E-state index is 13.5. The van der Waals surface area contributed by atoms with Crippen LogP contribution in [0.4, 0.5) is 20.6 Å². The number of ether oxygens (including phenoxy) is 2. The number of thiazole rings is 1. The molecule has 0 saturated heterocycles.